The second-order valence-electron chi connectivity index (χ2n) is 7.77. The van der Waals surface area contributed by atoms with Crippen LogP contribution in [-0.4, -0.2) is 40.2 Å². The van der Waals surface area contributed by atoms with Gasteiger partial charge in [0, 0.05) is 49.3 Å². The van der Waals surface area contributed by atoms with Gasteiger partial charge in [0.15, 0.2) is 4.77 Å². The fourth-order valence-corrected chi connectivity index (χ4v) is 5.01. The fraction of sp³-hybridized carbons (Fsp3) is 0.571. The molecule has 0 radical (unpaired) electrons. The summed E-state index contributed by atoms with van der Waals surface area (Å²) in [5.41, 5.74) is 4.04. The van der Waals surface area contributed by atoms with Gasteiger partial charge in [0.05, 0.1) is 6.67 Å². The van der Waals surface area contributed by atoms with Crippen molar-refractivity contribution in [2.24, 2.45) is 0 Å². The molecule has 1 aromatic heterocycles. The molecule has 2 heterocycles. The van der Waals surface area contributed by atoms with E-state index in [-0.39, 0.29) is 0 Å². The molecule has 0 atom stereocenters. The minimum atomic E-state index is 0.623. The van der Waals surface area contributed by atoms with Crippen molar-refractivity contribution in [3.8, 4) is 0 Å². The van der Waals surface area contributed by atoms with Crippen molar-refractivity contribution in [1.82, 2.24) is 14.0 Å². The lowest BCUT2D eigenvalue weighted by molar-refractivity contribution is 0.202. The summed E-state index contributed by atoms with van der Waals surface area (Å²) in [6.45, 7) is 9.74. The molecular formula is C21H30N4S. The number of anilines is 1. The highest BCUT2D eigenvalue weighted by Crippen LogP contribution is 2.32. The van der Waals surface area contributed by atoms with E-state index in [2.05, 4.69) is 63.1 Å². The van der Waals surface area contributed by atoms with E-state index in [1.807, 2.05) is 0 Å². The van der Waals surface area contributed by atoms with Crippen LogP contribution in [0.5, 0.6) is 0 Å². The third kappa shape index (κ3) is 3.35. The largest absolute Gasteiger partial charge is 0.369 e. The van der Waals surface area contributed by atoms with Crippen molar-refractivity contribution >= 4 is 17.9 Å². The summed E-state index contributed by atoms with van der Waals surface area (Å²) in [5, 5.41) is 0. The van der Waals surface area contributed by atoms with Gasteiger partial charge in [-0.2, -0.15) is 0 Å². The van der Waals surface area contributed by atoms with Crippen LogP contribution in [0.3, 0.4) is 0 Å². The van der Waals surface area contributed by atoms with Crippen molar-refractivity contribution < 1.29 is 0 Å². The zero-order valence-corrected chi connectivity index (χ0v) is 16.8. The summed E-state index contributed by atoms with van der Waals surface area (Å²) in [6, 6.07) is 11.4. The number of hydrogen-bond acceptors (Lipinski definition) is 3. The van der Waals surface area contributed by atoms with Gasteiger partial charge in [-0.15, -0.1) is 0 Å². The molecule has 26 heavy (non-hydrogen) atoms. The van der Waals surface area contributed by atoms with Gasteiger partial charge in [-0.05, 0) is 51.0 Å². The second-order valence-corrected chi connectivity index (χ2v) is 8.14. The molecule has 0 unspecified atom stereocenters. The highest BCUT2D eigenvalue weighted by Gasteiger charge is 2.24. The topological polar surface area (TPSA) is 16.3 Å². The lowest BCUT2D eigenvalue weighted by atomic mass is 10.2. The number of hydrogen-bond donors (Lipinski definition) is 0. The summed E-state index contributed by atoms with van der Waals surface area (Å²) >= 11 is 5.89. The van der Waals surface area contributed by atoms with Crippen LogP contribution in [0.1, 0.15) is 43.1 Å². The van der Waals surface area contributed by atoms with Crippen molar-refractivity contribution in [1.29, 1.82) is 0 Å². The van der Waals surface area contributed by atoms with Gasteiger partial charge in [0.2, 0.25) is 0 Å². The quantitative estimate of drug-likeness (QED) is 0.736. The molecule has 1 aliphatic carbocycles. The lowest BCUT2D eigenvalue weighted by Gasteiger charge is -2.36. The Kier molecular flexibility index (Phi) is 5.18. The van der Waals surface area contributed by atoms with Gasteiger partial charge in [0.25, 0.3) is 0 Å². The normalized spacial score (nSPS) is 19.4. The van der Waals surface area contributed by atoms with Crippen LogP contribution in [0.4, 0.5) is 5.69 Å². The molecule has 1 aromatic carbocycles. The molecule has 4 rings (SSSR count). The van der Waals surface area contributed by atoms with Crippen molar-refractivity contribution in [3.05, 3.63) is 46.5 Å². The first-order valence-electron chi connectivity index (χ1n) is 9.95. The summed E-state index contributed by atoms with van der Waals surface area (Å²) in [6.07, 6.45) is 5.26. The molecule has 0 bridgehead atoms. The lowest BCUT2D eigenvalue weighted by Crippen LogP contribution is -2.46. The maximum atomic E-state index is 5.89. The molecular weight excluding hydrogens is 340 g/mol. The molecule has 2 fully saturated rings. The highest BCUT2D eigenvalue weighted by atomic mass is 32.1. The Morgan fingerprint density at radius 3 is 2.23 bits per heavy atom. The van der Waals surface area contributed by atoms with E-state index in [9.17, 15) is 0 Å². The van der Waals surface area contributed by atoms with Crippen LogP contribution in [0, 0.1) is 18.6 Å². The second kappa shape index (κ2) is 7.57. The van der Waals surface area contributed by atoms with Gasteiger partial charge in [-0.3, -0.25) is 4.90 Å². The van der Waals surface area contributed by atoms with Crippen LogP contribution in [0.15, 0.2) is 30.3 Å². The van der Waals surface area contributed by atoms with Gasteiger partial charge >= 0.3 is 0 Å². The average Bonchev–Trinajstić information content (AvgIpc) is 3.27. The number of rotatable bonds is 4. The first-order chi connectivity index (χ1) is 12.6. The molecule has 0 amide bonds. The van der Waals surface area contributed by atoms with E-state index < -0.39 is 0 Å². The Balaban J connectivity index is 1.45. The van der Waals surface area contributed by atoms with E-state index in [0.29, 0.717) is 6.04 Å². The summed E-state index contributed by atoms with van der Waals surface area (Å²) in [4.78, 5) is 5.03. The standard InChI is InChI=1S/C21H30N4S/c1-17-18(2)25(20-10-6-7-11-20)21(26)24(17)16-22-12-14-23(15-13-22)19-8-4-3-5-9-19/h3-5,8-9,20H,6-7,10-16H2,1-2H3. The smallest absolute Gasteiger partial charge is 0.181 e. The van der Waals surface area contributed by atoms with Crippen LogP contribution < -0.4 is 4.90 Å². The van der Waals surface area contributed by atoms with E-state index >= 15 is 0 Å². The summed E-state index contributed by atoms with van der Waals surface area (Å²) in [5.74, 6) is 0. The highest BCUT2D eigenvalue weighted by molar-refractivity contribution is 7.71. The number of imidazole rings is 1. The molecule has 1 aliphatic heterocycles. The fourth-order valence-electron chi connectivity index (χ4n) is 4.53. The van der Waals surface area contributed by atoms with E-state index in [0.717, 1.165) is 37.6 Å². The first-order valence-corrected chi connectivity index (χ1v) is 10.4. The van der Waals surface area contributed by atoms with E-state index in [1.54, 1.807) is 0 Å². The molecule has 2 aliphatic rings. The number of para-hydroxylation sites is 1. The van der Waals surface area contributed by atoms with Crippen LogP contribution in [0.25, 0.3) is 0 Å². The predicted molar refractivity (Wildman–Crippen MR) is 110 cm³/mol. The molecule has 0 N–H and O–H groups in total. The molecule has 1 saturated heterocycles. The molecule has 140 valence electrons. The van der Waals surface area contributed by atoms with Gasteiger partial charge in [0.1, 0.15) is 0 Å². The summed E-state index contributed by atoms with van der Waals surface area (Å²) < 4.78 is 5.83. The number of benzene rings is 1. The Labute approximate surface area is 162 Å². The zero-order valence-electron chi connectivity index (χ0n) is 16.0. The predicted octanol–water partition coefficient (Wildman–Crippen LogP) is 4.53. The molecule has 4 nitrogen and oxygen atoms in total. The monoisotopic (exact) mass is 370 g/mol. The van der Waals surface area contributed by atoms with Crippen molar-refractivity contribution in [3.63, 3.8) is 0 Å². The maximum Gasteiger partial charge on any atom is 0.181 e. The number of aromatic nitrogens is 2. The van der Waals surface area contributed by atoms with Crippen LogP contribution in [-0.2, 0) is 6.67 Å². The van der Waals surface area contributed by atoms with Crippen LogP contribution in [0.2, 0.25) is 0 Å². The minimum Gasteiger partial charge on any atom is -0.369 e. The minimum absolute atomic E-state index is 0.623. The molecule has 1 saturated carbocycles. The molecule has 0 spiro atoms. The van der Waals surface area contributed by atoms with E-state index in [1.165, 1.54) is 42.8 Å². The number of nitrogens with zero attached hydrogens (tertiary/aromatic N) is 4. The molecule has 2 aromatic rings. The third-order valence-electron chi connectivity index (χ3n) is 6.25. The Morgan fingerprint density at radius 2 is 1.58 bits per heavy atom. The van der Waals surface area contributed by atoms with Gasteiger partial charge in [-0.1, -0.05) is 31.0 Å². The van der Waals surface area contributed by atoms with Crippen molar-refractivity contribution in [2.75, 3.05) is 31.1 Å². The molecule has 5 heteroatoms. The Morgan fingerprint density at radius 1 is 0.923 bits per heavy atom. The van der Waals surface area contributed by atoms with Crippen molar-refractivity contribution in [2.45, 2.75) is 52.2 Å². The maximum absolute atomic E-state index is 5.89. The first kappa shape index (κ1) is 17.8. The summed E-state index contributed by atoms with van der Waals surface area (Å²) in [7, 11) is 0. The van der Waals surface area contributed by atoms with Gasteiger partial charge < -0.3 is 14.0 Å². The van der Waals surface area contributed by atoms with Gasteiger partial charge in [-0.25, -0.2) is 0 Å². The SMILES string of the molecule is Cc1c(C)n(C2CCCC2)c(=S)n1CN1CCN(c2ccccc2)CC1. The zero-order chi connectivity index (χ0) is 18.1. The van der Waals surface area contributed by atoms with Crippen LogP contribution >= 0.6 is 12.2 Å². The van der Waals surface area contributed by atoms with E-state index in [4.69, 9.17) is 12.2 Å². The average molecular weight is 371 g/mol. The number of piperazine rings is 1. The Hall–Kier alpha value is -1.59. The Bertz CT molecular complexity index is 793. The third-order valence-corrected chi connectivity index (χ3v) is 6.67.